The van der Waals surface area contributed by atoms with E-state index in [-0.39, 0.29) is 182 Å². The van der Waals surface area contributed by atoms with Crippen LogP contribution in [-0.2, 0) is 65.3 Å². The number of amides is 4. The van der Waals surface area contributed by atoms with E-state index in [4.69, 9.17) is 94.0 Å². The second-order valence-electron chi connectivity index (χ2n) is 26.2. The Kier molecular flexibility index (Phi) is 48.8. The van der Waals surface area contributed by atoms with Gasteiger partial charge in [-0.25, -0.2) is 28.8 Å². The number of carboxylic acid groups (broad SMARTS) is 1. The summed E-state index contributed by atoms with van der Waals surface area (Å²) in [6, 6.07) is 27.6. The van der Waals surface area contributed by atoms with Gasteiger partial charge in [0.15, 0.2) is 16.8 Å². The number of carbonyl (C=O) groups excluding carboxylic acids is 8. The Morgan fingerprint density at radius 3 is 1.22 bits per heavy atom. The van der Waals surface area contributed by atoms with Crippen molar-refractivity contribution < 1.29 is 246 Å². The van der Waals surface area contributed by atoms with Crippen molar-refractivity contribution in [3.05, 3.63) is 129 Å². The normalized spacial score (nSPS) is 14.1. The van der Waals surface area contributed by atoms with Crippen LogP contribution in [0.3, 0.4) is 0 Å². The molecule has 0 heterocycles. The van der Waals surface area contributed by atoms with Gasteiger partial charge in [-0.15, -0.1) is 0 Å². The summed E-state index contributed by atoms with van der Waals surface area (Å²) in [5, 5.41) is 29.7. The van der Waals surface area contributed by atoms with E-state index in [9.17, 15) is 42.7 Å². The first-order chi connectivity index (χ1) is 47.9. The average molecular weight is 1750 g/mol. The zero-order chi connectivity index (χ0) is 76.6. The zero-order valence-electron chi connectivity index (χ0n) is 63.4. The summed E-state index contributed by atoms with van der Waals surface area (Å²) in [7, 11) is -1.00. The number of ether oxygens (including phenoxy) is 9. The fourth-order valence-corrected chi connectivity index (χ4v) is 10.00. The average Bonchev–Trinajstić information content (AvgIpc) is 0.837. The van der Waals surface area contributed by atoms with Gasteiger partial charge in [0.2, 0.25) is 6.29 Å². The molecule has 4 aromatic carbocycles. The van der Waals surface area contributed by atoms with Crippen molar-refractivity contribution in [3.8, 4) is 11.5 Å². The number of alkyl carbamates (subject to hydrolysis) is 2. The Hall–Kier alpha value is -4.23. The van der Waals surface area contributed by atoms with E-state index in [0.717, 1.165) is 68.9 Å². The van der Waals surface area contributed by atoms with Crippen LogP contribution in [0.25, 0.3) is 0 Å². The first kappa shape index (κ1) is 96.8. The van der Waals surface area contributed by atoms with Crippen molar-refractivity contribution >= 4 is 89.5 Å². The van der Waals surface area contributed by atoms with Crippen molar-refractivity contribution in [2.24, 2.45) is 11.8 Å². The molecule has 4 amide bonds. The third kappa shape index (κ3) is 44.0. The quantitative estimate of drug-likeness (QED) is 0.00759. The standard InChI is InChI=1S/C35H47ClN2O9.C19H20ClNO4.C16H28ClNO5.CH3F.CH2O3.2Cs.H/c1-23(44-33(42)45-29(25-10-8-7-9-11-25)22-38-32(41)47-34(2,3)4)43-31(40)35(5,6)46-28-18-12-24(13-19-28)20-21-37-30(39)26-14-16-27(36)17-15-26;1-19(2,18(23)24)25-16-9-3-13(4-10-16)11-12-21-17(22)14-5-7-15(20)8-6-14;1-11(17)21-15(20)22-13(12-8-6-5-7-9-12)10-18-14(19)23-16(2,3)4;1-2;2-1-4-3;;;/h12-19,23,25,29H,7-11,20-22H2,1-6H3,(H,37,39)(H,38,41);3-10H,11-12H2,1-2H3,(H,21,22)(H,23,24);11-13H,5-10H2,1-4H3,(H,18,19);1H3;1,3H;;;/q;;;;;2*+1;-1/p-1/i;;;1D;;;;. The van der Waals surface area contributed by atoms with Gasteiger partial charge in [-0.1, -0.05) is 97.6 Å². The molecule has 2 aliphatic carbocycles. The fourth-order valence-electron chi connectivity index (χ4n) is 9.68. The van der Waals surface area contributed by atoms with Crippen LogP contribution in [0, 0.1) is 11.8 Å². The molecule has 0 radical (unpaired) electrons. The number of hydrogen-bond acceptors (Lipinski definition) is 20. The van der Waals surface area contributed by atoms with Gasteiger partial charge in [-0.05, 0) is 210 Å². The van der Waals surface area contributed by atoms with E-state index in [1.807, 2.05) is 24.3 Å². The molecule has 25 nitrogen and oxygen atoms in total. The van der Waals surface area contributed by atoms with Crippen molar-refractivity contribution in [3.63, 3.8) is 0 Å². The van der Waals surface area contributed by atoms with Crippen LogP contribution < -0.4 is 174 Å². The van der Waals surface area contributed by atoms with Crippen molar-refractivity contribution in [2.75, 3.05) is 33.3 Å². The summed E-state index contributed by atoms with van der Waals surface area (Å²) in [5.74, 6) is -0.938. The smallest absolute Gasteiger partial charge is 1.00 e. The molecule has 2 saturated carbocycles. The number of nitrogens with one attached hydrogen (secondary N) is 4. The minimum Gasteiger partial charge on any atom is -1.00 e. The third-order valence-corrected chi connectivity index (χ3v) is 15.2. The summed E-state index contributed by atoms with van der Waals surface area (Å²) >= 11 is 17.3. The molecule has 0 aliphatic heterocycles. The molecule has 4 aromatic rings. The van der Waals surface area contributed by atoms with Gasteiger partial charge in [0.1, 0.15) is 34.9 Å². The second-order valence-corrected chi connectivity index (χ2v) is 27.6. The Morgan fingerprint density at radius 2 is 0.903 bits per heavy atom. The summed E-state index contributed by atoms with van der Waals surface area (Å²) in [5.41, 5.74) is -1.62. The molecule has 6 rings (SSSR count). The maximum Gasteiger partial charge on any atom is 1.00 e. The number of benzene rings is 4. The Morgan fingerprint density at radius 1 is 0.563 bits per heavy atom. The molecule has 5 N–H and O–H groups in total. The molecule has 4 unspecified atom stereocenters. The van der Waals surface area contributed by atoms with Crippen molar-refractivity contribution in [1.82, 2.24) is 21.3 Å². The Bertz CT molecular complexity index is 3200. The van der Waals surface area contributed by atoms with Gasteiger partial charge in [-0.2, -0.15) is 0 Å². The van der Waals surface area contributed by atoms with Gasteiger partial charge in [-0.3, -0.25) is 18.8 Å². The van der Waals surface area contributed by atoms with E-state index < -0.39 is 90.1 Å². The Labute approximate surface area is 739 Å². The molecule has 4 atom stereocenters. The predicted octanol–water partition coefficient (Wildman–Crippen LogP) is 7.88. The molecular formula is C72H100Cl3Cs2FN4O21. The van der Waals surface area contributed by atoms with Crippen molar-refractivity contribution in [2.45, 2.75) is 207 Å². The monoisotopic (exact) mass is 1750 g/mol. The van der Waals surface area contributed by atoms with Crippen LogP contribution >= 0.6 is 34.8 Å². The van der Waals surface area contributed by atoms with E-state index in [2.05, 4.69) is 26.2 Å². The molecule has 31 heteroatoms. The van der Waals surface area contributed by atoms with Crippen LogP contribution in [0.2, 0.25) is 10.0 Å². The number of rotatable bonds is 26. The predicted molar refractivity (Wildman–Crippen MR) is 375 cm³/mol. The maximum atomic E-state index is 12.9. The molecule has 2 aliphatic rings. The number of halogens is 4. The van der Waals surface area contributed by atoms with Gasteiger partial charge in [0.05, 0.1) is 21.6 Å². The van der Waals surface area contributed by atoms with E-state index in [0.29, 0.717) is 58.6 Å². The number of aliphatic carboxylic acids is 1. The number of carboxylic acids is 1. The largest absolute Gasteiger partial charge is 1.00 e. The maximum absolute atomic E-state index is 12.9. The summed E-state index contributed by atoms with van der Waals surface area (Å²) in [4.78, 5) is 108. The minimum absolute atomic E-state index is 0. The first-order valence-electron chi connectivity index (χ1n) is 33.6. The van der Waals surface area contributed by atoms with Crippen LogP contribution in [0.5, 0.6) is 11.5 Å². The summed E-state index contributed by atoms with van der Waals surface area (Å²) in [6.45, 7) is 20.7. The Balaban J connectivity index is 0. The first-order valence-corrected chi connectivity index (χ1v) is 34.1. The molecular weight excluding hydrogens is 1650 g/mol. The van der Waals surface area contributed by atoms with Gasteiger partial charge < -0.3 is 80.6 Å². The molecule has 0 aromatic heterocycles. The van der Waals surface area contributed by atoms with Crippen LogP contribution in [-0.4, -0.2) is 140 Å². The van der Waals surface area contributed by atoms with E-state index >= 15 is 0 Å². The number of alkyl halides is 2. The van der Waals surface area contributed by atoms with Gasteiger partial charge in [0, 0.05) is 41.2 Å². The fraction of sp³-hybridized carbons (Fsp3) is 0.542. The number of carbonyl (C=O) groups is 9. The SMILES string of the molecule is CC(C)(Oc1ccc(CCNC(=O)c2ccc(Cl)cc2)cc1)C(=O)O.CC(Cl)OC(=O)OC(CNC(=O)OC(C)(C)C)C1CCCCC1.CC(OC(=O)OC(CNC(=O)OC(C)(C)C)C1CCCCC1)OC(=O)C(C)(C)Oc1ccc(CCNC(=O)c2ccc(Cl)cc2)cc1.O=CO[O-].[2H]CF.[Cs+].[Cs+].[H-]. The number of hydrogen-bond donors (Lipinski definition) is 5. The summed E-state index contributed by atoms with van der Waals surface area (Å²) < 4.78 is 63.7. The molecule has 103 heavy (non-hydrogen) atoms. The van der Waals surface area contributed by atoms with Gasteiger partial charge >= 0.3 is 174 Å². The van der Waals surface area contributed by atoms with Crippen LogP contribution in [0.15, 0.2) is 97.1 Å². The minimum atomic E-state index is -1.41. The molecule has 0 bridgehead atoms. The second kappa shape index (κ2) is 51.9. The van der Waals surface area contributed by atoms with Gasteiger partial charge in [0.25, 0.3) is 18.3 Å². The molecule has 564 valence electrons. The van der Waals surface area contributed by atoms with E-state index in [1.165, 1.54) is 34.1 Å². The topological polar surface area (TPSA) is 337 Å². The third-order valence-electron chi connectivity index (χ3n) is 14.6. The molecule has 2 fully saturated rings. The zero-order valence-corrected chi connectivity index (χ0v) is 76.3. The molecule has 0 saturated heterocycles. The number of esters is 1. The van der Waals surface area contributed by atoms with Crippen LogP contribution in [0.4, 0.5) is 23.6 Å². The summed E-state index contributed by atoms with van der Waals surface area (Å²) in [6.07, 6.45) is 6.09. The van der Waals surface area contributed by atoms with E-state index in [1.54, 1.807) is 128 Å². The molecule has 0 spiro atoms. The van der Waals surface area contributed by atoms with Crippen molar-refractivity contribution in [1.29, 1.82) is 0 Å². The van der Waals surface area contributed by atoms with Crippen LogP contribution in [0.1, 0.15) is 182 Å².